The van der Waals surface area contributed by atoms with Gasteiger partial charge in [-0.05, 0) is 37.3 Å². The van der Waals surface area contributed by atoms with Gasteiger partial charge in [0, 0.05) is 26.2 Å². The molecule has 0 spiro atoms. The second-order valence-electron chi connectivity index (χ2n) is 7.51. The van der Waals surface area contributed by atoms with Gasteiger partial charge in [0.2, 0.25) is 15.9 Å². The number of carbonyl (C=O) groups is 3. The second kappa shape index (κ2) is 8.06. The van der Waals surface area contributed by atoms with Crippen LogP contribution in [0, 0.1) is 11.6 Å². The van der Waals surface area contributed by atoms with Crippen molar-refractivity contribution in [1.29, 1.82) is 0 Å². The molecule has 0 radical (unpaired) electrons. The Hall–Kier alpha value is -3.18. The number of amides is 3. The average Bonchev–Trinajstić information content (AvgIpc) is 3.05. The first-order chi connectivity index (χ1) is 15.1. The van der Waals surface area contributed by atoms with Gasteiger partial charge < -0.3 is 4.90 Å². The summed E-state index contributed by atoms with van der Waals surface area (Å²) in [7, 11) is -4.07. The number of carbonyl (C=O) groups excluding carboxylic acids is 3. The predicted molar refractivity (Wildman–Crippen MR) is 108 cm³/mol. The molecular weight excluding hydrogens is 444 g/mol. The van der Waals surface area contributed by atoms with Crippen LogP contribution in [-0.2, 0) is 14.8 Å². The minimum Gasteiger partial charge on any atom is -0.338 e. The molecule has 1 saturated heterocycles. The molecule has 2 aliphatic heterocycles. The number of benzene rings is 2. The molecule has 2 aliphatic rings. The van der Waals surface area contributed by atoms with Gasteiger partial charge in [-0.3, -0.25) is 19.3 Å². The van der Waals surface area contributed by atoms with E-state index in [2.05, 4.69) is 0 Å². The summed E-state index contributed by atoms with van der Waals surface area (Å²) in [6, 6.07) is 7.59. The van der Waals surface area contributed by atoms with Gasteiger partial charge in [0.1, 0.15) is 6.04 Å². The van der Waals surface area contributed by atoms with E-state index in [0.29, 0.717) is 6.07 Å². The summed E-state index contributed by atoms with van der Waals surface area (Å²) < 4.78 is 53.1. The number of fused-ring (bicyclic) bond motifs is 1. The van der Waals surface area contributed by atoms with E-state index in [0.717, 1.165) is 21.3 Å². The van der Waals surface area contributed by atoms with Gasteiger partial charge in [0.15, 0.2) is 11.6 Å². The third-order valence-corrected chi connectivity index (χ3v) is 7.54. The van der Waals surface area contributed by atoms with E-state index in [-0.39, 0.29) is 42.2 Å². The number of rotatable bonds is 4. The van der Waals surface area contributed by atoms with Crippen molar-refractivity contribution >= 4 is 27.7 Å². The monoisotopic (exact) mass is 463 g/mol. The van der Waals surface area contributed by atoms with Crippen LogP contribution in [-0.4, -0.2) is 72.5 Å². The second-order valence-corrected chi connectivity index (χ2v) is 9.45. The van der Waals surface area contributed by atoms with Crippen molar-refractivity contribution in [1.82, 2.24) is 14.1 Å². The molecule has 32 heavy (non-hydrogen) atoms. The van der Waals surface area contributed by atoms with Crippen molar-refractivity contribution in [2.24, 2.45) is 0 Å². The number of hydrogen-bond acceptors (Lipinski definition) is 5. The molecule has 2 aromatic carbocycles. The quantitative estimate of drug-likeness (QED) is 0.641. The van der Waals surface area contributed by atoms with Crippen LogP contribution in [0.15, 0.2) is 47.4 Å². The van der Waals surface area contributed by atoms with Crippen molar-refractivity contribution in [2.45, 2.75) is 17.9 Å². The van der Waals surface area contributed by atoms with Gasteiger partial charge in [-0.2, -0.15) is 4.31 Å². The summed E-state index contributed by atoms with van der Waals surface area (Å²) in [5.41, 5.74) is 0.471. The van der Waals surface area contributed by atoms with Crippen LogP contribution in [0.4, 0.5) is 8.78 Å². The van der Waals surface area contributed by atoms with E-state index in [1.54, 1.807) is 12.1 Å². The maximum atomic E-state index is 13.5. The molecule has 2 aromatic rings. The van der Waals surface area contributed by atoms with Gasteiger partial charge in [-0.15, -0.1) is 0 Å². The minimum absolute atomic E-state index is 0.0231. The Morgan fingerprint density at radius 1 is 0.906 bits per heavy atom. The molecule has 3 amide bonds. The molecule has 168 valence electrons. The Morgan fingerprint density at radius 3 is 2.00 bits per heavy atom. The third kappa shape index (κ3) is 3.56. The lowest BCUT2D eigenvalue weighted by Gasteiger charge is -2.36. The van der Waals surface area contributed by atoms with Crippen molar-refractivity contribution in [3.05, 3.63) is 65.2 Å². The van der Waals surface area contributed by atoms with Crippen LogP contribution < -0.4 is 0 Å². The average molecular weight is 463 g/mol. The van der Waals surface area contributed by atoms with Crippen molar-refractivity contribution in [3.8, 4) is 0 Å². The first kappa shape index (κ1) is 22.0. The normalized spacial score (nSPS) is 18.1. The number of imide groups is 1. The first-order valence-corrected chi connectivity index (χ1v) is 11.3. The van der Waals surface area contributed by atoms with Gasteiger partial charge in [-0.25, -0.2) is 17.2 Å². The van der Waals surface area contributed by atoms with E-state index < -0.39 is 45.4 Å². The van der Waals surface area contributed by atoms with E-state index in [1.807, 2.05) is 0 Å². The Balaban J connectivity index is 1.44. The molecule has 0 saturated carbocycles. The lowest BCUT2D eigenvalue weighted by molar-refractivity contribution is -0.136. The highest BCUT2D eigenvalue weighted by Crippen LogP contribution is 2.26. The summed E-state index contributed by atoms with van der Waals surface area (Å²) in [6.07, 6.45) is 0. The summed E-state index contributed by atoms with van der Waals surface area (Å²) in [6.45, 7) is 1.36. The molecule has 0 aliphatic carbocycles. The molecule has 4 rings (SSSR count). The zero-order valence-corrected chi connectivity index (χ0v) is 17.8. The highest BCUT2D eigenvalue weighted by molar-refractivity contribution is 7.89. The zero-order valence-electron chi connectivity index (χ0n) is 17.0. The fourth-order valence-corrected chi connectivity index (χ4v) is 5.30. The maximum absolute atomic E-state index is 13.5. The van der Waals surface area contributed by atoms with Crippen LogP contribution in [0.3, 0.4) is 0 Å². The topological polar surface area (TPSA) is 95.1 Å². The van der Waals surface area contributed by atoms with Crippen LogP contribution in [0.25, 0.3) is 0 Å². The molecule has 1 unspecified atom stereocenters. The van der Waals surface area contributed by atoms with Gasteiger partial charge in [-0.1, -0.05) is 12.1 Å². The number of piperazine rings is 1. The molecule has 2 heterocycles. The van der Waals surface area contributed by atoms with Crippen LogP contribution >= 0.6 is 0 Å². The molecule has 0 aromatic heterocycles. The predicted octanol–water partition coefficient (Wildman–Crippen LogP) is 1.48. The van der Waals surface area contributed by atoms with E-state index >= 15 is 0 Å². The minimum atomic E-state index is -4.07. The van der Waals surface area contributed by atoms with Crippen molar-refractivity contribution < 1.29 is 31.6 Å². The van der Waals surface area contributed by atoms with Crippen molar-refractivity contribution in [2.75, 3.05) is 26.2 Å². The van der Waals surface area contributed by atoms with Crippen LogP contribution in [0.5, 0.6) is 0 Å². The van der Waals surface area contributed by atoms with Gasteiger partial charge in [0.05, 0.1) is 16.0 Å². The van der Waals surface area contributed by atoms with Crippen molar-refractivity contribution in [3.63, 3.8) is 0 Å². The summed E-state index contributed by atoms with van der Waals surface area (Å²) in [5, 5.41) is 0. The number of halogens is 2. The Labute approximate surface area is 183 Å². The smallest absolute Gasteiger partial charge is 0.262 e. The third-order valence-electron chi connectivity index (χ3n) is 5.65. The number of nitrogens with zero attached hydrogens (tertiary/aromatic N) is 3. The fourth-order valence-electron chi connectivity index (χ4n) is 3.87. The zero-order chi connectivity index (χ0) is 23.2. The number of sulfonamides is 1. The molecular formula is C21H19F2N3O5S. The lowest BCUT2D eigenvalue weighted by Crippen LogP contribution is -2.55. The SMILES string of the molecule is CC(C(=O)N1CCN(S(=O)(=O)c2ccc(F)c(F)c2)CC1)N1C(=O)c2ccccc2C1=O. The molecule has 1 atom stereocenters. The summed E-state index contributed by atoms with van der Waals surface area (Å²) >= 11 is 0. The van der Waals surface area contributed by atoms with Gasteiger partial charge >= 0.3 is 0 Å². The van der Waals surface area contributed by atoms with E-state index in [4.69, 9.17) is 0 Å². The molecule has 8 nitrogen and oxygen atoms in total. The maximum Gasteiger partial charge on any atom is 0.262 e. The highest BCUT2D eigenvalue weighted by Gasteiger charge is 2.42. The van der Waals surface area contributed by atoms with Gasteiger partial charge in [0.25, 0.3) is 11.8 Å². The fraction of sp³-hybridized carbons (Fsp3) is 0.286. The van der Waals surface area contributed by atoms with Crippen LogP contribution in [0.1, 0.15) is 27.6 Å². The molecule has 0 bridgehead atoms. The summed E-state index contributed by atoms with van der Waals surface area (Å²) in [4.78, 5) is 40.1. The largest absolute Gasteiger partial charge is 0.338 e. The molecule has 1 fully saturated rings. The number of hydrogen-bond donors (Lipinski definition) is 0. The highest BCUT2D eigenvalue weighted by atomic mass is 32.2. The Bertz CT molecular complexity index is 1190. The molecule has 11 heteroatoms. The molecule has 0 N–H and O–H groups in total. The Kier molecular flexibility index (Phi) is 5.55. The van der Waals surface area contributed by atoms with E-state index in [9.17, 15) is 31.6 Å². The summed E-state index contributed by atoms with van der Waals surface area (Å²) in [5.74, 6) is -4.00. The first-order valence-electron chi connectivity index (χ1n) is 9.84. The van der Waals surface area contributed by atoms with Crippen LogP contribution in [0.2, 0.25) is 0 Å². The standard InChI is InChI=1S/C21H19F2N3O5S/c1-13(26-20(28)15-4-2-3-5-16(15)21(26)29)19(27)24-8-10-25(11-9-24)32(30,31)14-6-7-17(22)18(23)12-14/h2-7,12-13H,8-11H2,1H3. The lowest BCUT2D eigenvalue weighted by atomic mass is 10.1. The Morgan fingerprint density at radius 2 is 1.47 bits per heavy atom. The van der Waals surface area contributed by atoms with E-state index in [1.165, 1.54) is 24.0 Å².